The summed E-state index contributed by atoms with van der Waals surface area (Å²) < 4.78 is 5.39. The van der Waals surface area contributed by atoms with Crippen molar-refractivity contribution >= 4 is 23.3 Å². The molecule has 0 aliphatic rings. The molecule has 21 heavy (non-hydrogen) atoms. The van der Waals surface area contributed by atoms with Crippen LogP contribution in [0.5, 0.6) is 5.75 Å². The van der Waals surface area contributed by atoms with Gasteiger partial charge in [0.1, 0.15) is 5.75 Å². The van der Waals surface area contributed by atoms with Gasteiger partial charge in [-0.25, -0.2) is 4.79 Å². The second-order valence-corrected chi connectivity index (χ2v) is 5.13. The molecule has 0 aliphatic heterocycles. The van der Waals surface area contributed by atoms with E-state index in [0.717, 1.165) is 16.8 Å². The third kappa shape index (κ3) is 4.68. The largest absolute Gasteiger partial charge is 0.473 e. The molecule has 0 heterocycles. The highest BCUT2D eigenvalue weighted by Crippen LogP contribution is 2.16. The molecule has 0 aromatic heterocycles. The summed E-state index contributed by atoms with van der Waals surface area (Å²) >= 11 is 5.78. The number of hydrogen-bond acceptors (Lipinski definition) is 2. The van der Waals surface area contributed by atoms with E-state index in [2.05, 4.69) is 10.6 Å². The van der Waals surface area contributed by atoms with Crippen LogP contribution in [0.3, 0.4) is 0 Å². The highest BCUT2D eigenvalue weighted by Gasteiger charge is 2.04. The number of aryl methyl sites for hydroxylation is 2. The quantitative estimate of drug-likeness (QED) is 0.835. The Bertz CT molecular complexity index is 627. The number of anilines is 1. The molecule has 4 nitrogen and oxygen atoms in total. The number of hydrogen-bond donors (Lipinski definition) is 2. The van der Waals surface area contributed by atoms with Gasteiger partial charge in [0.25, 0.3) is 0 Å². The van der Waals surface area contributed by atoms with E-state index in [-0.39, 0.29) is 12.8 Å². The molecule has 2 rings (SSSR count). The molecular formula is C16H17ClN2O2. The van der Waals surface area contributed by atoms with Gasteiger partial charge in [0.2, 0.25) is 0 Å². The molecule has 0 aliphatic carbocycles. The lowest BCUT2D eigenvalue weighted by Gasteiger charge is -2.11. The van der Waals surface area contributed by atoms with Crippen LogP contribution in [-0.4, -0.2) is 12.8 Å². The average molecular weight is 305 g/mol. The third-order valence-corrected chi connectivity index (χ3v) is 3.18. The minimum Gasteiger partial charge on any atom is -0.473 e. The number of nitrogens with one attached hydrogen (secondary N) is 2. The van der Waals surface area contributed by atoms with E-state index in [1.54, 1.807) is 24.3 Å². The molecule has 0 radical (unpaired) electrons. The summed E-state index contributed by atoms with van der Waals surface area (Å²) in [6.45, 7) is 4.00. The molecule has 0 spiro atoms. The van der Waals surface area contributed by atoms with Crippen molar-refractivity contribution in [1.29, 1.82) is 0 Å². The molecule has 0 unspecified atom stereocenters. The lowest BCUT2D eigenvalue weighted by Crippen LogP contribution is -2.32. The van der Waals surface area contributed by atoms with Crippen molar-refractivity contribution in [2.45, 2.75) is 13.8 Å². The van der Waals surface area contributed by atoms with E-state index in [0.29, 0.717) is 10.8 Å². The lowest BCUT2D eigenvalue weighted by molar-refractivity contribution is 0.234. The molecule has 2 aromatic carbocycles. The fourth-order valence-electron chi connectivity index (χ4n) is 1.75. The van der Waals surface area contributed by atoms with Crippen molar-refractivity contribution in [2.75, 3.05) is 12.0 Å². The lowest BCUT2D eigenvalue weighted by atomic mass is 10.1. The second kappa shape index (κ2) is 6.99. The first-order valence-electron chi connectivity index (χ1n) is 6.55. The van der Waals surface area contributed by atoms with Crippen molar-refractivity contribution in [2.24, 2.45) is 0 Å². The Morgan fingerprint density at radius 2 is 1.86 bits per heavy atom. The Balaban J connectivity index is 1.82. The van der Waals surface area contributed by atoms with Gasteiger partial charge in [-0.15, -0.1) is 0 Å². The molecule has 5 heteroatoms. The van der Waals surface area contributed by atoms with E-state index < -0.39 is 0 Å². The van der Waals surface area contributed by atoms with Gasteiger partial charge in [0, 0.05) is 10.7 Å². The number of urea groups is 1. The van der Waals surface area contributed by atoms with Gasteiger partial charge in [0.05, 0.1) is 0 Å². The van der Waals surface area contributed by atoms with Crippen LogP contribution in [0.15, 0.2) is 42.5 Å². The van der Waals surface area contributed by atoms with Crippen LogP contribution in [-0.2, 0) is 0 Å². The van der Waals surface area contributed by atoms with E-state index in [9.17, 15) is 4.79 Å². The summed E-state index contributed by atoms with van der Waals surface area (Å²) in [5, 5.41) is 6.07. The topological polar surface area (TPSA) is 50.4 Å². The summed E-state index contributed by atoms with van der Waals surface area (Å²) in [6, 6.07) is 12.5. The Hall–Kier alpha value is -2.20. The normalized spacial score (nSPS) is 10.0. The van der Waals surface area contributed by atoms with E-state index in [4.69, 9.17) is 16.3 Å². The zero-order valence-corrected chi connectivity index (χ0v) is 12.7. The first-order chi connectivity index (χ1) is 10.0. The van der Waals surface area contributed by atoms with Crippen molar-refractivity contribution in [3.05, 3.63) is 58.6 Å². The Morgan fingerprint density at radius 1 is 1.14 bits per heavy atom. The molecule has 2 aromatic rings. The average Bonchev–Trinajstić information content (AvgIpc) is 2.45. The van der Waals surface area contributed by atoms with Crippen LogP contribution in [0.2, 0.25) is 5.02 Å². The monoisotopic (exact) mass is 304 g/mol. The first kappa shape index (κ1) is 15.2. The van der Waals surface area contributed by atoms with Gasteiger partial charge in [-0.05, 0) is 55.3 Å². The summed E-state index contributed by atoms with van der Waals surface area (Å²) in [4.78, 5) is 11.8. The number of carbonyl (C=O) groups is 1. The third-order valence-electron chi connectivity index (χ3n) is 2.93. The molecular weight excluding hydrogens is 288 g/mol. The van der Waals surface area contributed by atoms with E-state index in [1.165, 1.54) is 0 Å². The van der Waals surface area contributed by atoms with Crippen LogP contribution < -0.4 is 15.4 Å². The standard InChI is InChI=1S/C16H17ClN2O2/c1-11-3-4-12(2)15(9-11)19-16(20)18-10-21-14-7-5-13(17)6-8-14/h3-9H,10H2,1-2H3,(H2,18,19,20). The number of carbonyl (C=O) groups excluding carboxylic acids is 1. The first-order valence-corrected chi connectivity index (χ1v) is 6.93. The van der Waals surface area contributed by atoms with Crippen molar-refractivity contribution in [3.63, 3.8) is 0 Å². The predicted molar refractivity (Wildman–Crippen MR) is 85.0 cm³/mol. The van der Waals surface area contributed by atoms with Gasteiger partial charge in [-0.1, -0.05) is 23.7 Å². The van der Waals surface area contributed by atoms with Crippen molar-refractivity contribution < 1.29 is 9.53 Å². The summed E-state index contributed by atoms with van der Waals surface area (Å²) in [5.41, 5.74) is 2.89. The predicted octanol–water partition coefficient (Wildman–Crippen LogP) is 4.11. The molecule has 0 bridgehead atoms. The number of ether oxygens (including phenoxy) is 1. The maximum absolute atomic E-state index is 11.8. The highest BCUT2D eigenvalue weighted by molar-refractivity contribution is 6.30. The zero-order chi connectivity index (χ0) is 15.2. The van der Waals surface area contributed by atoms with E-state index in [1.807, 2.05) is 32.0 Å². The molecule has 0 atom stereocenters. The summed E-state index contributed by atoms with van der Waals surface area (Å²) in [6.07, 6.45) is 0. The van der Waals surface area contributed by atoms with Crippen LogP contribution in [0.4, 0.5) is 10.5 Å². The summed E-state index contributed by atoms with van der Waals surface area (Å²) in [5.74, 6) is 0.645. The maximum atomic E-state index is 11.8. The number of rotatable bonds is 4. The van der Waals surface area contributed by atoms with Crippen LogP contribution >= 0.6 is 11.6 Å². The van der Waals surface area contributed by atoms with Gasteiger partial charge in [0.15, 0.2) is 6.73 Å². The number of halogens is 1. The summed E-state index contributed by atoms with van der Waals surface area (Å²) in [7, 11) is 0. The fraction of sp³-hybridized carbons (Fsp3) is 0.188. The van der Waals surface area contributed by atoms with Crippen LogP contribution in [0, 0.1) is 13.8 Å². The molecule has 110 valence electrons. The minimum atomic E-state index is -0.308. The Morgan fingerprint density at radius 3 is 2.57 bits per heavy atom. The fourth-order valence-corrected chi connectivity index (χ4v) is 1.88. The van der Waals surface area contributed by atoms with Gasteiger partial charge < -0.3 is 15.4 Å². The van der Waals surface area contributed by atoms with Gasteiger partial charge in [-0.2, -0.15) is 0 Å². The highest BCUT2D eigenvalue weighted by atomic mass is 35.5. The molecule has 0 saturated carbocycles. The minimum absolute atomic E-state index is 0.0817. The van der Waals surface area contributed by atoms with Crippen LogP contribution in [0.1, 0.15) is 11.1 Å². The maximum Gasteiger partial charge on any atom is 0.321 e. The number of benzene rings is 2. The van der Waals surface area contributed by atoms with Gasteiger partial charge >= 0.3 is 6.03 Å². The van der Waals surface area contributed by atoms with E-state index >= 15 is 0 Å². The number of amides is 2. The molecule has 2 N–H and O–H groups in total. The Labute approximate surface area is 129 Å². The van der Waals surface area contributed by atoms with Crippen LogP contribution in [0.25, 0.3) is 0 Å². The molecule has 2 amide bonds. The smallest absolute Gasteiger partial charge is 0.321 e. The zero-order valence-electron chi connectivity index (χ0n) is 11.9. The van der Waals surface area contributed by atoms with Crippen molar-refractivity contribution in [3.8, 4) is 5.75 Å². The molecule has 0 fully saturated rings. The SMILES string of the molecule is Cc1ccc(C)c(NC(=O)NCOc2ccc(Cl)cc2)c1. The van der Waals surface area contributed by atoms with Gasteiger partial charge in [-0.3, -0.25) is 0 Å². The Kier molecular flexibility index (Phi) is 5.06. The van der Waals surface area contributed by atoms with Crippen molar-refractivity contribution in [1.82, 2.24) is 5.32 Å². The molecule has 0 saturated heterocycles. The second-order valence-electron chi connectivity index (χ2n) is 4.69.